The van der Waals surface area contributed by atoms with Crippen LogP contribution in [0.15, 0.2) is 84.9 Å². The van der Waals surface area contributed by atoms with Gasteiger partial charge in [0.25, 0.3) is 0 Å². The van der Waals surface area contributed by atoms with Crippen molar-refractivity contribution in [3.05, 3.63) is 107 Å². The predicted molar refractivity (Wildman–Crippen MR) is 165 cm³/mol. The van der Waals surface area contributed by atoms with Gasteiger partial charge < -0.3 is 0 Å². The largest absolute Gasteiger partial charge is 0.0683 e. The third kappa shape index (κ3) is 12.1. The molecule has 0 spiro atoms. The van der Waals surface area contributed by atoms with Gasteiger partial charge in [-0.1, -0.05) is 154 Å². The monoisotopic (exact) mass is 488 g/mol. The highest BCUT2D eigenvalue weighted by atomic mass is 14.2. The summed E-state index contributed by atoms with van der Waals surface area (Å²) < 4.78 is 0. The molecule has 3 aromatic rings. The minimum atomic E-state index is 0.611. The van der Waals surface area contributed by atoms with Gasteiger partial charge in [0, 0.05) is 0 Å². The van der Waals surface area contributed by atoms with Gasteiger partial charge in [0.2, 0.25) is 0 Å². The third-order valence-electron chi connectivity index (χ3n) is 7.07. The fourth-order valence-corrected chi connectivity index (χ4v) is 4.23. The fourth-order valence-electron chi connectivity index (χ4n) is 4.23. The number of hydrogen-bond acceptors (Lipinski definition) is 0. The summed E-state index contributed by atoms with van der Waals surface area (Å²) in [6, 6.07) is 30.9. The quantitative estimate of drug-likeness (QED) is 0.281. The average molecular weight is 489 g/mol. The van der Waals surface area contributed by atoms with E-state index in [1.54, 1.807) is 0 Å². The van der Waals surface area contributed by atoms with E-state index in [2.05, 4.69) is 126 Å². The van der Waals surface area contributed by atoms with Crippen LogP contribution in [-0.4, -0.2) is 0 Å². The summed E-state index contributed by atoms with van der Waals surface area (Å²) in [5.41, 5.74) is 5.87. The molecule has 0 bridgehead atoms. The van der Waals surface area contributed by atoms with Crippen LogP contribution in [0.5, 0.6) is 0 Å². The van der Waals surface area contributed by atoms with Crippen molar-refractivity contribution in [2.24, 2.45) is 0 Å². The van der Waals surface area contributed by atoms with E-state index in [0.717, 1.165) is 0 Å². The Bertz CT molecular complexity index is 848. The predicted octanol–water partition coefficient (Wildman–Crippen LogP) is 12.1. The zero-order valence-electron chi connectivity index (χ0n) is 25.2. The maximum Gasteiger partial charge on any atom is -0.0159 e. The first kappa shape index (κ1) is 33.7. The minimum absolute atomic E-state index is 0.611. The van der Waals surface area contributed by atoms with Crippen molar-refractivity contribution in [3.8, 4) is 0 Å². The van der Waals surface area contributed by atoms with E-state index in [0.29, 0.717) is 23.7 Å². The van der Waals surface area contributed by atoms with E-state index in [1.807, 2.05) is 27.7 Å². The van der Waals surface area contributed by atoms with Crippen LogP contribution < -0.4 is 0 Å². The van der Waals surface area contributed by atoms with Gasteiger partial charge in [-0.2, -0.15) is 0 Å². The van der Waals surface area contributed by atoms with E-state index in [1.165, 1.54) is 47.9 Å². The molecule has 3 aromatic carbocycles. The average Bonchev–Trinajstić information content (AvgIpc) is 2.98. The lowest BCUT2D eigenvalue weighted by Gasteiger charge is -2.21. The second kappa shape index (κ2) is 20.8. The lowest BCUT2D eigenvalue weighted by Crippen LogP contribution is -2.04. The van der Waals surface area contributed by atoms with Gasteiger partial charge in [0.1, 0.15) is 0 Å². The molecule has 200 valence electrons. The summed E-state index contributed by atoms with van der Waals surface area (Å²) in [5.74, 6) is 2.64. The SMILES string of the molecule is CC.CC.CCC(C)c1ccc(C(CC)CC(C)c2ccccc2)cc1.CCC(C)c1ccccc1. The van der Waals surface area contributed by atoms with Crippen LogP contribution >= 0.6 is 0 Å². The summed E-state index contributed by atoms with van der Waals surface area (Å²) in [6.07, 6.45) is 4.87. The highest BCUT2D eigenvalue weighted by Gasteiger charge is 2.15. The topological polar surface area (TPSA) is 0 Å². The maximum absolute atomic E-state index is 2.35. The second-order valence-electron chi connectivity index (χ2n) is 9.35. The van der Waals surface area contributed by atoms with E-state index in [9.17, 15) is 0 Å². The zero-order chi connectivity index (χ0) is 27.3. The summed E-state index contributed by atoms with van der Waals surface area (Å²) >= 11 is 0. The molecule has 4 unspecified atom stereocenters. The van der Waals surface area contributed by atoms with Crippen molar-refractivity contribution in [2.75, 3.05) is 0 Å². The molecule has 0 fully saturated rings. The molecule has 0 N–H and O–H groups in total. The molecule has 0 nitrogen and oxygen atoms in total. The molecule has 0 saturated carbocycles. The van der Waals surface area contributed by atoms with Gasteiger partial charge in [-0.3, -0.25) is 0 Å². The van der Waals surface area contributed by atoms with E-state index >= 15 is 0 Å². The van der Waals surface area contributed by atoms with E-state index < -0.39 is 0 Å². The summed E-state index contributed by atoms with van der Waals surface area (Å²) in [5, 5.41) is 0. The molecule has 0 saturated heterocycles. The van der Waals surface area contributed by atoms with Gasteiger partial charge in [0.05, 0.1) is 0 Å². The Hall–Kier alpha value is -2.34. The molecular weight excluding hydrogens is 432 g/mol. The Morgan fingerprint density at radius 3 is 1.11 bits per heavy atom. The minimum Gasteiger partial charge on any atom is -0.0683 e. The first-order valence-corrected chi connectivity index (χ1v) is 14.7. The van der Waals surface area contributed by atoms with E-state index in [4.69, 9.17) is 0 Å². The Morgan fingerprint density at radius 1 is 0.417 bits per heavy atom. The first-order valence-electron chi connectivity index (χ1n) is 14.7. The van der Waals surface area contributed by atoms with E-state index in [-0.39, 0.29) is 0 Å². The second-order valence-corrected chi connectivity index (χ2v) is 9.35. The van der Waals surface area contributed by atoms with Crippen LogP contribution in [0.4, 0.5) is 0 Å². The Morgan fingerprint density at radius 2 is 0.750 bits per heavy atom. The molecule has 0 aromatic heterocycles. The smallest absolute Gasteiger partial charge is 0.0159 e. The molecule has 0 aliphatic heterocycles. The Balaban J connectivity index is 0.000000730. The molecular formula is C36H56. The van der Waals surface area contributed by atoms with Crippen molar-refractivity contribution in [2.45, 2.75) is 119 Å². The molecule has 0 amide bonds. The standard InChI is InChI=1S/C22H30.C10H14.2C2H6/c1-5-17(3)21-12-14-22(15-13-21)19(6-2)16-18(4)20-10-8-7-9-11-20;1-3-9(2)10-7-5-4-6-8-10;2*1-2/h7-15,17-19H,5-6,16H2,1-4H3;4-9H,3H2,1-2H3;2*1-2H3. The molecule has 0 radical (unpaired) electrons. The molecule has 0 heterocycles. The number of rotatable bonds is 9. The molecule has 4 atom stereocenters. The molecule has 0 aliphatic rings. The van der Waals surface area contributed by atoms with Crippen LogP contribution in [0.25, 0.3) is 0 Å². The van der Waals surface area contributed by atoms with Gasteiger partial charge in [0.15, 0.2) is 0 Å². The van der Waals surface area contributed by atoms with Crippen molar-refractivity contribution in [1.82, 2.24) is 0 Å². The van der Waals surface area contributed by atoms with Gasteiger partial charge in [-0.05, 0) is 71.6 Å². The number of benzene rings is 3. The lowest BCUT2D eigenvalue weighted by atomic mass is 9.84. The van der Waals surface area contributed by atoms with Gasteiger partial charge >= 0.3 is 0 Å². The highest BCUT2D eigenvalue weighted by molar-refractivity contribution is 5.28. The van der Waals surface area contributed by atoms with Crippen LogP contribution in [0.1, 0.15) is 141 Å². The summed E-state index contributed by atoms with van der Waals surface area (Å²) in [7, 11) is 0. The maximum atomic E-state index is 2.35. The number of hydrogen-bond donors (Lipinski definition) is 0. The van der Waals surface area contributed by atoms with Crippen molar-refractivity contribution in [1.29, 1.82) is 0 Å². The van der Waals surface area contributed by atoms with Gasteiger partial charge in [-0.25, -0.2) is 0 Å². The van der Waals surface area contributed by atoms with Crippen LogP contribution in [0.2, 0.25) is 0 Å². The van der Waals surface area contributed by atoms with Gasteiger partial charge in [-0.15, -0.1) is 0 Å². The molecule has 0 heteroatoms. The molecule has 3 rings (SSSR count). The summed E-state index contributed by atoms with van der Waals surface area (Å²) in [6.45, 7) is 21.7. The lowest BCUT2D eigenvalue weighted by molar-refractivity contribution is 0.544. The molecule has 0 aliphatic carbocycles. The summed E-state index contributed by atoms with van der Waals surface area (Å²) in [4.78, 5) is 0. The highest BCUT2D eigenvalue weighted by Crippen LogP contribution is 2.32. The van der Waals surface area contributed by atoms with Crippen molar-refractivity contribution >= 4 is 0 Å². The van der Waals surface area contributed by atoms with Crippen molar-refractivity contribution in [3.63, 3.8) is 0 Å². The first-order chi connectivity index (χ1) is 17.5. The van der Waals surface area contributed by atoms with Crippen LogP contribution in [-0.2, 0) is 0 Å². The fraction of sp³-hybridized carbons (Fsp3) is 0.500. The zero-order valence-corrected chi connectivity index (χ0v) is 25.2. The molecule has 36 heavy (non-hydrogen) atoms. The normalized spacial score (nSPS) is 13.3. The van der Waals surface area contributed by atoms with Crippen molar-refractivity contribution < 1.29 is 0 Å². The van der Waals surface area contributed by atoms with Crippen LogP contribution in [0, 0.1) is 0 Å². The Labute approximate surface area is 225 Å². The Kier molecular flexibility index (Phi) is 19.5. The van der Waals surface area contributed by atoms with Crippen LogP contribution in [0.3, 0.4) is 0 Å². The third-order valence-corrected chi connectivity index (χ3v) is 7.07.